The van der Waals surface area contributed by atoms with Gasteiger partial charge in [0.05, 0.1) is 12.0 Å². The number of carbonyl (C=O) groups is 2. The predicted molar refractivity (Wildman–Crippen MR) is 39.1 cm³/mol. The molecule has 0 bridgehead atoms. The lowest BCUT2D eigenvalue weighted by atomic mass is 9.94. The van der Waals surface area contributed by atoms with Crippen LogP contribution < -0.4 is 0 Å². The molecule has 1 saturated heterocycles. The summed E-state index contributed by atoms with van der Waals surface area (Å²) in [7, 11) is 0. The third kappa shape index (κ3) is 1.40. The molecule has 5 nitrogen and oxygen atoms in total. The number of carboxylic acids is 1. The van der Waals surface area contributed by atoms with Crippen molar-refractivity contribution < 1.29 is 19.5 Å². The van der Waals surface area contributed by atoms with Gasteiger partial charge in [-0.25, -0.2) is 9.86 Å². The summed E-state index contributed by atoms with van der Waals surface area (Å²) in [5, 5.41) is 9.37. The first-order chi connectivity index (χ1) is 5.54. The molecule has 12 heavy (non-hydrogen) atoms. The molecule has 1 N–H and O–H groups in total. The Balaban J connectivity index is 2.35. The van der Waals surface area contributed by atoms with Crippen molar-refractivity contribution in [2.75, 3.05) is 6.61 Å². The van der Waals surface area contributed by atoms with E-state index in [-0.39, 0.29) is 17.9 Å². The second kappa shape index (κ2) is 3.10. The van der Waals surface area contributed by atoms with E-state index in [1.807, 2.05) is 6.92 Å². The van der Waals surface area contributed by atoms with E-state index in [0.717, 1.165) is 5.06 Å². The third-order valence-electron chi connectivity index (χ3n) is 2.03. The average Bonchev–Trinajstić information content (AvgIpc) is 2.03. The van der Waals surface area contributed by atoms with Crippen molar-refractivity contribution in [1.82, 2.24) is 5.06 Å². The molecule has 5 heteroatoms. The van der Waals surface area contributed by atoms with Crippen LogP contribution in [0, 0.1) is 5.92 Å². The van der Waals surface area contributed by atoms with Crippen LogP contribution in [0.1, 0.15) is 13.8 Å². The lowest BCUT2D eigenvalue weighted by Gasteiger charge is -2.41. The highest BCUT2D eigenvalue weighted by Crippen LogP contribution is 2.25. The van der Waals surface area contributed by atoms with Crippen LogP contribution in [0.2, 0.25) is 0 Å². The van der Waals surface area contributed by atoms with E-state index in [2.05, 4.69) is 0 Å². The zero-order valence-corrected chi connectivity index (χ0v) is 6.98. The molecule has 0 aromatic carbocycles. The molecule has 1 heterocycles. The Morgan fingerprint density at radius 3 is 2.67 bits per heavy atom. The lowest BCUT2D eigenvalue weighted by molar-refractivity contribution is -0.239. The molecule has 0 spiro atoms. The van der Waals surface area contributed by atoms with Crippen LogP contribution in [0.15, 0.2) is 0 Å². The van der Waals surface area contributed by atoms with Crippen LogP contribution in [0.4, 0.5) is 0 Å². The first kappa shape index (κ1) is 8.99. The Labute approximate surface area is 69.9 Å². The summed E-state index contributed by atoms with van der Waals surface area (Å²) in [6.07, 6.45) is 0. The smallest absolute Gasteiger partial charge is 0.332 e. The van der Waals surface area contributed by atoms with E-state index in [1.165, 1.54) is 0 Å². The van der Waals surface area contributed by atoms with Crippen molar-refractivity contribution in [2.24, 2.45) is 5.92 Å². The standard InChI is InChI=1S/C7H11NO4/c1-4-5(2)8(7(4)11)12-3-6(9)10/h4-5H,3H2,1-2H3,(H,9,10)/t4?,5-/m0/s1. The largest absolute Gasteiger partial charge is 0.479 e. The second-order valence-electron chi connectivity index (χ2n) is 2.86. The van der Waals surface area contributed by atoms with Crippen LogP contribution in [0.5, 0.6) is 0 Å². The number of rotatable bonds is 3. The molecule has 68 valence electrons. The normalized spacial score (nSPS) is 28.5. The first-order valence-corrected chi connectivity index (χ1v) is 3.72. The molecule has 2 atom stereocenters. The van der Waals surface area contributed by atoms with Gasteiger partial charge >= 0.3 is 5.97 Å². The molecule has 1 rings (SSSR count). The quantitative estimate of drug-likeness (QED) is 0.603. The van der Waals surface area contributed by atoms with Crippen molar-refractivity contribution in [3.05, 3.63) is 0 Å². The molecule has 0 radical (unpaired) electrons. The number of hydrogen-bond donors (Lipinski definition) is 1. The number of aliphatic carboxylic acids is 1. The molecule has 1 aliphatic heterocycles. The van der Waals surface area contributed by atoms with Gasteiger partial charge in [0.1, 0.15) is 0 Å². The number of β-lactam (4-membered cyclic amide) rings is 1. The maximum absolute atomic E-state index is 11.0. The summed E-state index contributed by atoms with van der Waals surface area (Å²) in [5.74, 6) is -1.28. The zero-order valence-electron chi connectivity index (χ0n) is 6.98. The van der Waals surface area contributed by atoms with Crippen molar-refractivity contribution in [3.63, 3.8) is 0 Å². The SMILES string of the molecule is CC1C(=O)N(OCC(=O)O)[C@H]1C. The monoisotopic (exact) mass is 173 g/mol. The van der Waals surface area contributed by atoms with Gasteiger partial charge in [0.2, 0.25) is 0 Å². The van der Waals surface area contributed by atoms with Gasteiger partial charge in [-0.2, -0.15) is 0 Å². The van der Waals surface area contributed by atoms with Crippen LogP contribution in [0.25, 0.3) is 0 Å². The van der Waals surface area contributed by atoms with Crippen molar-refractivity contribution in [2.45, 2.75) is 19.9 Å². The molecular weight excluding hydrogens is 162 g/mol. The highest BCUT2D eigenvalue weighted by atomic mass is 16.7. The maximum atomic E-state index is 11.0. The summed E-state index contributed by atoms with van der Waals surface area (Å²) >= 11 is 0. The average molecular weight is 173 g/mol. The zero-order chi connectivity index (χ0) is 9.30. The van der Waals surface area contributed by atoms with Gasteiger partial charge in [-0.15, -0.1) is 0 Å². The number of amides is 1. The maximum Gasteiger partial charge on any atom is 0.332 e. The van der Waals surface area contributed by atoms with E-state index >= 15 is 0 Å². The summed E-state index contributed by atoms with van der Waals surface area (Å²) in [4.78, 5) is 25.8. The fourth-order valence-electron chi connectivity index (χ4n) is 1.03. The minimum atomic E-state index is -1.07. The Morgan fingerprint density at radius 1 is 1.67 bits per heavy atom. The predicted octanol–water partition coefficient (Wildman–Crippen LogP) is -0.131. The molecule has 0 aromatic heterocycles. The minimum absolute atomic E-state index is 0.0168. The van der Waals surface area contributed by atoms with Gasteiger partial charge < -0.3 is 5.11 Å². The van der Waals surface area contributed by atoms with Gasteiger partial charge in [-0.1, -0.05) is 6.92 Å². The van der Waals surface area contributed by atoms with Crippen LogP contribution in [-0.2, 0) is 14.4 Å². The Kier molecular flexibility index (Phi) is 2.32. The van der Waals surface area contributed by atoms with Crippen molar-refractivity contribution in [1.29, 1.82) is 0 Å². The topological polar surface area (TPSA) is 66.8 Å². The Bertz CT molecular complexity index is 215. The number of carbonyl (C=O) groups excluding carboxylic acids is 1. The van der Waals surface area contributed by atoms with E-state index in [0.29, 0.717) is 0 Å². The van der Waals surface area contributed by atoms with E-state index < -0.39 is 12.6 Å². The molecule has 0 aliphatic carbocycles. The fourth-order valence-corrected chi connectivity index (χ4v) is 1.03. The molecule has 1 fully saturated rings. The van der Waals surface area contributed by atoms with Crippen LogP contribution >= 0.6 is 0 Å². The van der Waals surface area contributed by atoms with Crippen molar-refractivity contribution >= 4 is 11.9 Å². The van der Waals surface area contributed by atoms with E-state index in [1.54, 1.807) is 6.92 Å². The third-order valence-corrected chi connectivity index (χ3v) is 2.03. The molecule has 0 saturated carbocycles. The van der Waals surface area contributed by atoms with Crippen LogP contribution in [-0.4, -0.2) is 34.7 Å². The Morgan fingerprint density at radius 2 is 2.25 bits per heavy atom. The summed E-state index contributed by atoms with van der Waals surface area (Å²) in [6, 6.07) is -0.0168. The number of carboxylic acid groups (broad SMARTS) is 1. The van der Waals surface area contributed by atoms with Crippen LogP contribution in [0.3, 0.4) is 0 Å². The minimum Gasteiger partial charge on any atom is -0.479 e. The lowest BCUT2D eigenvalue weighted by Crippen LogP contribution is -2.58. The fraction of sp³-hybridized carbons (Fsp3) is 0.714. The van der Waals surface area contributed by atoms with Gasteiger partial charge in [0.15, 0.2) is 6.61 Å². The molecule has 0 aromatic rings. The number of nitrogens with zero attached hydrogens (tertiary/aromatic N) is 1. The van der Waals surface area contributed by atoms with E-state index in [4.69, 9.17) is 9.94 Å². The Hall–Kier alpha value is -1.10. The number of hydroxylamine groups is 2. The first-order valence-electron chi connectivity index (χ1n) is 3.72. The van der Waals surface area contributed by atoms with Gasteiger partial charge in [0.25, 0.3) is 5.91 Å². The summed E-state index contributed by atoms with van der Waals surface area (Å²) < 4.78 is 0. The van der Waals surface area contributed by atoms with Gasteiger partial charge in [0, 0.05) is 0 Å². The summed E-state index contributed by atoms with van der Waals surface area (Å²) in [5.41, 5.74) is 0. The number of hydrogen-bond acceptors (Lipinski definition) is 3. The molecular formula is C7H11NO4. The highest BCUT2D eigenvalue weighted by Gasteiger charge is 2.42. The van der Waals surface area contributed by atoms with Gasteiger partial charge in [-0.05, 0) is 6.92 Å². The summed E-state index contributed by atoms with van der Waals surface area (Å²) in [6.45, 7) is 3.14. The highest BCUT2D eigenvalue weighted by molar-refractivity contribution is 5.84. The molecule has 1 unspecified atom stereocenters. The molecule has 1 aliphatic rings. The second-order valence-corrected chi connectivity index (χ2v) is 2.86. The van der Waals surface area contributed by atoms with E-state index in [9.17, 15) is 9.59 Å². The van der Waals surface area contributed by atoms with Gasteiger partial charge in [-0.3, -0.25) is 9.63 Å². The molecule has 1 amide bonds. The van der Waals surface area contributed by atoms with Crippen molar-refractivity contribution in [3.8, 4) is 0 Å².